The van der Waals surface area contributed by atoms with Crippen LogP contribution in [0.25, 0.3) is 0 Å². The number of amides is 3. The zero-order valence-electron chi connectivity index (χ0n) is 9.90. The highest BCUT2D eigenvalue weighted by Crippen LogP contribution is 2.17. The number of aryl methyl sites for hydroxylation is 1. The highest BCUT2D eigenvalue weighted by Gasteiger charge is 2.29. The summed E-state index contributed by atoms with van der Waals surface area (Å²) in [4.78, 5) is 30.0. The number of nitrogens with zero attached hydrogens (tertiary/aromatic N) is 2. The molecule has 1 aliphatic heterocycles. The lowest BCUT2D eigenvalue weighted by Crippen LogP contribution is -2.53. The molecule has 0 spiro atoms. The molecular formula is C11H15N3O2S. The van der Waals surface area contributed by atoms with Crippen molar-refractivity contribution in [1.29, 1.82) is 0 Å². The largest absolute Gasteiger partial charge is 0.324 e. The molecule has 6 heteroatoms. The van der Waals surface area contributed by atoms with Crippen molar-refractivity contribution in [1.82, 2.24) is 15.2 Å². The SMILES string of the molecule is CCc1cnc(CN2CC(C)C(=O)NC2=O)s1. The van der Waals surface area contributed by atoms with Gasteiger partial charge >= 0.3 is 6.03 Å². The highest BCUT2D eigenvalue weighted by atomic mass is 32.1. The monoisotopic (exact) mass is 253 g/mol. The Morgan fingerprint density at radius 1 is 1.59 bits per heavy atom. The van der Waals surface area contributed by atoms with Crippen molar-refractivity contribution in [3.63, 3.8) is 0 Å². The first kappa shape index (κ1) is 12.0. The van der Waals surface area contributed by atoms with E-state index in [-0.39, 0.29) is 17.9 Å². The summed E-state index contributed by atoms with van der Waals surface area (Å²) in [6.45, 7) is 4.83. The van der Waals surface area contributed by atoms with Crippen molar-refractivity contribution >= 4 is 23.3 Å². The average molecular weight is 253 g/mol. The molecule has 3 amide bonds. The first-order valence-electron chi connectivity index (χ1n) is 5.63. The number of urea groups is 1. The molecule has 2 heterocycles. The number of carbonyl (C=O) groups is 2. The van der Waals surface area contributed by atoms with Gasteiger partial charge in [0.2, 0.25) is 5.91 Å². The van der Waals surface area contributed by atoms with Crippen LogP contribution in [0.1, 0.15) is 23.7 Å². The molecule has 1 aliphatic rings. The third kappa shape index (κ3) is 2.63. The number of thiazole rings is 1. The van der Waals surface area contributed by atoms with Gasteiger partial charge in [-0.05, 0) is 6.42 Å². The summed E-state index contributed by atoms with van der Waals surface area (Å²) in [7, 11) is 0. The summed E-state index contributed by atoms with van der Waals surface area (Å²) in [6.07, 6.45) is 2.80. The zero-order valence-corrected chi connectivity index (χ0v) is 10.7. The molecule has 5 nitrogen and oxygen atoms in total. The topological polar surface area (TPSA) is 62.3 Å². The molecule has 1 atom stereocenters. The van der Waals surface area contributed by atoms with Crippen molar-refractivity contribution in [3.8, 4) is 0 Å². The van der Waals surface area contributed by atoms with Crippen LogP contribution >= 0.6 is 11.3 Å². The lowest BCUT2D eigenvalue weighted by Gasteiger charge is -2.29. The Labute approximate surface area is 104 Å². The van der Waals surface area contributed by atoms with Gasteiger partial charge in [-0.25, -0.2) is 9.78 Å². The fraction of sp³-hybridized carbons (Fsp3) is 0.545. The molecule has 1 aromatic heterocycles. The molecule has 92 valence electrons. The van der Waals surface area contributed by atoms with Crippen molar-refractivity contribution in [2.75, 3.05) is 6.54 Å². The molecule has 17 heavy (non-hydrogen) atoms. The van der Waals surface area contributed by atoms with Gasteiger partial charge in [0.25, 0.3) is 0 Å². The third-order valence-corrected chi connectivity index (χ3v) is 3.86. The molecule has 0 aromatic carbocycles. The number of hydrogen-bond acceptors (Lipinski definition) is 4. The van der Waals surface area contributed by atoms with E-state index in [2.05, 4.69) is 17.2 Å². The van der Waals surface area contributed by atoms with E-state index in [1.807, 2.05) is 13.1 Å². The Morgan fingerprint density at radius 3 is 3.00 bits per heavy atom. The van der Waals surface area contributed by atoms with Crippen LogP contribution in [0, 0.1) is 5.92 Å². The third-order valence-electron chi connectivity index (χ3n) is 2.74. The molecule has 1 aromatic rings. The van der Waals surface area contributed by atoms with Crippen molar-refractivity contribution in [2.45, 2.75) is 26.8 Å². The number of hydrogen-bond donors (Lipinski definition) is 1. The van der Waals surface area contributed by atoms with Gasteiger partial charge in [0.15, 0.2) is 0 Å². The lowest BCUT2D eigenvalue weighted by atomic mass is 10.1. The Kier molecular flexibility index (Phi) is 3.42. The predicted octanol–water partition coefficient (Wildman–Crippen LogP) is 1.39. The maximum atomic E-state index is 11.6. The summed E-state index contributed by atoms with van der Waals surface area (Å²) >= 11 is 1.61. The summed E-state index contributed by atoms with van der Waals surface area (Å²) in [5, 5.41) is 3.26. The van der Waals surface area contributed by atoms with Gasteiger partial charge in [-0.3, -0.25) is 10.1 Å². The smallest absolute Gasteiger partial charge is 0.317 e. The second-order valence-corrected chi connectivity index (χ2v) is 5.35. The van der Waals surface area contributed by atoms with Gasteiger partial charge in [0.1, 0.15) is 5.01 Å². The maximum absolute atomic E-state index is 11.6. The molecular weight excluding hydrogens is 238 g/mol. The van der Waals surface area contributed by atoms with Crippen LogP contribution in [0.3, 0.4) is 0 Å². The number of nitrogens with one attached hydrogen (secondary N) is 1. The van der Waals surface area contributed by atoms with Gasteiger partial charge in [0, 0.05) is 17.6 Å². The van der Waals surface area contributed by atoms with E-state index in [4.69, 9.17) is 0 Å². The van der Waals surface area contributed by atoms with Crippen LogP contribution in [0.4, 0.5) is 4.79 Å². The lowest BCUT2D eigenvalue weighted by molar-refractivity contribution is -0.125. The quantitative estimate of drug-likeness (QED) is 0.885. The van der Waals surface area contributed by atoms with E-state index in [1.54, 1.807) is 16.2 Å². The molecule has 1 saturated heterocycles. The molecule has 1 unspecified atom stereocenters. The van der Waals surface area contributed by atoms with Gasteiger partial charge in [-0.15, -0.1) is 11.3 Å². The van der Waals surface area contributed by atoms with E-state index in [9.17, 15) is 9.59 Å². The Morgan fingerprint density at radius 2 is 2.35 bits per heavy atom. The molecule has 0 saturated carbocycles. The minimum absolute atomic E-state index is 0.154. The minimum atomic E-state index is -0.318. The number of imide groups is 1. The highest BCUT2D eigenvalue weighted by molar-refractivity contribution is 7.11. The summed E-state index contributed by atoms with van der Waals surface area (Å²) < 4.78 is 0. The van der Waals surface area contributed by atoms with Crippen LogP contribution in [-0.2, 0) is 17.8 Å². The second-order valence-electron chi connectivity index (χ2n) is 4.15. The van der Waals surface area contributed by atoms with Crippen LogP contribution in [0.2, 0.25) is 0 Å². The van der Waals surface area contributed by atoms with E-state index in [0.29, 0.717) is 13.1 Å². The van der Waals surface area contributed by atoms with Crippen LogP contribution in [-0.4, -0.2) is 28.4 Å². The number of rotatable bonds is 3. The Bertz CT molecular complexity index is 444. The molecule has 0 radical (unpaired) electrons. The van der Waals surface area contributed by atoms with E-state index in [1.165, 1.54) is 4.88 Å². The Hall–Kier alpha value is -1.43. The molecule has 0 aliphatic carbocycles. The average Bonchev–Trinajstić information content (AvgIpc) is 2.73. The fourth-order valence-corrected chi connectivity index (χ4v) is 2.57. The maximum Gasteiger partial charge on any atom is 0.324 e. The normalized spacial score (nSPS) is 20.6. The van der Waals surface area contributed by atoms with Crippen molar-refractivity contribution in [3.05, 3.63) is 16.1 Å². The fourth-order valence-electron chi connectivity index (χ4n) is 1.69. The first-order valence-corrected chi connectivity index (χ1v) is 6.45. The minimum Gasteiger partial charge on any atom is -0.317 e. The van der Waals surface area contributed by atoms with Gasteiger partial charge in [-0.2, -0.15) is 0 Å². The molecule has 2 rings (SSSR count). The summed E-state index contributed by atoms with van der Waals surface area (Å²) in [5.74, 6) is -0.349. The summed E-state index contributed by atoms with van der Waals surface area (Å²) in [5.41, 5.74) is 0. The summed E-state index contributed by atoms with van der Waals surface area (Å²) in [6, 6.07) is -0.318. The van der Waals surface area contributed by atoms with Gasteiger partial charge < -0.3 is 4.90 Å². The number of aromatic nitrogens is 1. The van der Waals surface area contributed by atoms with Crippen molar-refractivity contribution < 1.29 is 9.59 Å². The van der Waals surface area contributed by atoms with E-state index in [0.717, 1.165) is 11.4 Å². The molecule has 1 N–H and O–H groups in total. The van der Waals surface area contributed by atoms with Crippen LogP contribution in [0.5, 0.6) is 0 Å². The van der Waals surface area contributed by atoms with Crippen LogP contribution < -0.4 is 5.32 Å². The molecule has 1 fully saturated rings. The zero-order chi connectivity index (χ0) is 12.4. The van der Waals surface area contributed by atoms with E-state index < -0.39 is 0 Å². The van der Waals surface area contributed by atoms with Gasteiger partial charge in [0.05, 0.1) is 12.5 Å². The van der Waals surface area contributed by atoms with Crippen LogP contribution in [0.15, 0.2) is 6.20 Å². The molecule has 0 bridgehead atoms. The Balaban J connectivity index is 2.03. The first-order chi connectivity index (χ1) is 8.10. The number of carbonyl (C=O) groups excluding carboxylic acids is 2. The predicted molar refractivity (Wildman–Crippen MR) is 64.6 cm³/mol. The van der Waals surface area contributed by atoms with Crippen molar-refractivity contribution in [2.24, 2.45) is 5.92 Å². The van der Waals surface area contributed by atoms with Gasteiger partial charge in [-0.1, -0.05) is 13.8 Å². The second kappa shape index (κ2) is 4.83. The van der Waals surface area contributed by atoms with E-state index >= 15 is 0 Å². The standard InChI is InChI=1S/C11H15N3O2S/c1-3-8-4-12-9(17-8)6-14-5-7(2)10(15)13-11(14)16/h4,7H,3,5-6H2,1-2H3,(H,13,15,16).